The normalized spacial score (nSPS) is 13.2. The topological polar surface area (TPSA) is 72.3 Å². The molecular formula is C66H38B2N4O4. The van der Waals surface area contributed by atoms with Crippen LogP contribution in [0.15, 0.2) is 206 Å². The molecule has 8 heterocycles. The summed E-state index contributed by atoms with van der Waals surface area (Å²) < 4.78 is 22.7. The molecule has 0 fully saturated rings. The minimum absolute atomic E-state index is 0.155. The number of para-hydroxylation sites is 5. The molecule has 18 rings (SSSR count). The van der Waals surface area contributed by atoms with Crippen molar-refractivity contribution in [3.63, 3.8) is 0 Å². The van der Waals surface area contributed by atoms with Gasteiger partial charge in [-0.05, 0) is 86.6 Å². The number of hydrogen-bond acceptors (Lipinski definition) is 4. The maximum atomic E-state index is 15.1. The largest absolute Gasteiger partial charge is 0.457 e. The van der Waals surface area contributed by atoms with E-state index in [9.17, 15) is 0 Å². The number of hydrogen-bond donors (Lipinski definition) is 0. The van der Waals surface area contributed by atoms with E-state index in [1.54, 1.807) is 0 Å². The Hall–Kier alpha value is -9.79. The summed E-state index contributed by atoms with van der Waals surface area (Å²) in [5.74, 6) is -0.725. The molecule has 4 aromatic heterocycles. The third-order valence-electron chi connectivity index (χ3n) is 17.2. The summed E-state index contributed by atoms with van der Waals surface area (Å²) in [6, 6.07) is 72.1. The van der Waals surface area contributed by atoms with E-state index in [4.69, 9.17) is 9.47 Å². The fraction of sp³-hybridized carbons (Fsp3) is 0.0303. The molecule has 0 atom stereocenters. The average molecular weight is 973 g/mol. The molecule has 0 amide bonds. The second-order valence-electron chi connectivity index (χ2n) is 20.8. The monoisotopic (exact) mass is 972 g/mol. The molecule has 0 spiro atoms. The molecule has 76 heavy (non-hydrogen) atoms. The molecular weight excluding hydrogens is 934 g/mol. The van der Waals surface area contributed by atoms with Crippen LogP contribution in [-0.2, 0) is 22.7 Å². The first kappa shape index (κ1) is 40.7. The van der Waals surface area contributed by atoms with Crippen molar-refractivity contribution in [1.82, 2.24) is 18.1 Å². The lowest BCUT2D eigenvalue weighted by atomic mass is 9.45. The van der Waals surface area contributed by atoms with Gasteiger partial charge in [-0.15, -0.1) is 0 Å². The Bertz CT molecular complexity index is 5010. The first-order chi connectivity index (χ1) is 37.6. The van der Waals surface area contributed by atoms with E-state index in [1.165, 1.54) is 16.2 Å². The maximum absolute atomic E-state index is 15.1. The Morgan fingerprint density at radius 3 is 1.55 bits per heavy atom. The van der Waals surface area contributed by atoms with Crippen LogP contribution in [-0.4, -0.2) is 43.7 Å². The van der Waals surface area contributed by atoms with Crippen molar-refractivity contribution in [2.24, 2.45) is 0 Å². The lowest BCUT2D eigenvalue weighted by Gasteiger charge is -2.35. The Kier molecular flexibility index (Phi) is 7.75. The van der Waals surface area contributed by atoms with Crippen molar-refractivity contribution in [2.45, 2.75) is 13.2 Å². The highest BCUT2D eigenvalue weighted by atomic mass is 16.5. The van der Waals surface area contributed by atoms with Gasteiger partial charge in [-0.1, -0.05) is 164 Å². The third kappa shape index (κ3) is 4.93. The molecule has 4 aliphatic rings. The number of aromatic nitrogens is 4. The van der Waals surface area contributed by atoms with Crippen LogP contribution in [0.3, 0.4) is 0 Å². The Labute approximate surface area is 434 Å². The van der Waals surface area contributed by atoms with Crippen molar-refractivity contribution in [1.29, 1.82) is 0 Å². The van der Waals surface area contributed by atoms with E-state index in [1.807, 2.05) is 66.7 Å². The van der Waals surface area contributed by atoms with E-state index in [0.29, 0.717) is 11.1 Å². The zero-order chi connectivity index (χ0) is 49.7. The number of carbonyl (C=O) groups is 2. The van der Waals surface area contributed by atoms with Crippen LogP contribution in [0.1, 0.15) is 31.8 Å². The van der Waals surface area contributed by atoms with Crippen LogP contribution in [0.4, 0.5) is 0 Å². The van der Waals surface area contributed by atoms with E-state index in [-0.39, 0.29) is 38.8 Å². The molecule has 0 N–H and O–H groups in total. The zero-order valence-electron chi connectivity index (χ0n) is 40.6. The Morgan fingerprint density at radius 1 is 0.368 bits per heavy atom. The predicted octanol–water partition coefficient (Wildman–Crippen LogP) is 11.6. The number of rotatable bonds is 6. The van der Waals surface area contributed by atoms with Crippen LogP contribution in [0, 0.1) is 0 Å². The number of nitrogens with zero attached hydrogens (tertiary/aromatic N) is 4. The van der Waals surface area contributed by atoms with Crippen LogP contribution in [0.25, 0.3) is 110 Å². The summed E-state index contributed by atoms with van der Waals surface area (Å²) in [6.07, 6.45) is 0. The summed E-state index contributed by atoms with van der Waals surface area (Å²) in [5.41, 5.74) is 22.2. The first-order valence-electron chi connectivity index (χ1n) is 26.0. The molecule has 10 aromatic carbocycles. The van der Waals surface area contributed by atoms with Gasteiger partial charge in [0, 0.05) is 65.9 Å². The molecule has 0 aliphatic carbocycles. The first-order valence-corrected chi connectivity index (χ1v) is 26.0. The number of fused-ring (bicyclic) bond motifs is 21. The molecule has 0 radical (unpaired) electrons. The minimum Gasteiger partial charge on any atom is -0.457 e. The second-order valence-corrected chi connectivity index (χ2v) is 20.8. The number of ether oxygens (including phenoxy) is 2. The van der Waals surface area contributed by atoms with Crippen LogP contribution in [0.2, 0.25) is 0 Å². The van der Waals surface area contributed by atoms with Crippen LogP contribution >= 0.6 is 0 Å². The Balaban J connectivity index is 0.996. The van der Waals surface area contributed by atoms with Gasteiger partial charge in [0.25, 0.3) is 0 Å². The Morgan fingerprint density at radius 2 is 0.882 bits per heavy atom. The molecule has 0 saturated carbocycles. The standard InChI is InChI=1S/C66H38B2N4O4/c73-65(75-35-37-16-3-1-4-17-37)44-32-33-46-60-56(44)42-31-30-41-39-20-7-11-26-51(39)69-53-28-13-9-24-49(53)67(57(42)61(41)69)72(60)63-45-23-15-22-43-55-48(66(74)76-36-38-18-5-2-6-19-38)34-47-40-21-8-12-27-52(40)70-54-29-14-10-25-50(54)68(58(55)62(47)70)71(59(43)45)64(46)63/h1-34H,35-36H2. The van der Waals surface area contributed by atoms with Crippen molar-refractivity contribution in [3.8, 4) is 33.6 Å². The quantitative estimate of drug-likeness (QED) is 0.123. The molecule has 10 heteroatoms. The highest BCUT2D eigenvalue weighted by Gasteiger charge is 2.48. The molecule has 352 valence electrons. The van der Waals surface area contributed by atoms with Gasteiger partial charge in [-0.25, -0.2) is 9.59 Å². The molecule has 0 bridgehead atoms. The molecule has 0 unspecified atom stereocenters. The summed E-state index contributed by atoms with van der Waals surface area (Å²) in [7, 11) is 0. The highest BCUT2D eigenvalue weighted by molar-refractivity contribution is 6.92. The van der Waals surface area contributed by atoms with Gasteiger partial charge in [0.1, 0.15) is 13.2 Å². The van der Waals surface area contributed by atoms with Crippen LogP contribution in [0.5, 0.6) is 0 Å². The SMILES string of the molecule is O=C(OCc1ccccc1)c1cc2c3ccccc3n3c2c2c1-c1cccc4c1n(c1c5ccc(C(=O)OCc6ccccc6)c6c5n(c41)B1c4ccccc4-n4c5ccccc5c5ccc-6c1c54)B2c1ccccc1-3. The molecule has 8 nitrogen and oxygen atoms in total. The van der Waals surface area contributed by atoms with Gasteiger partial charge in [0.15, 0.2) is 0 Å². The van der Waals surface area contributed by atoms with Gasteiger partial charge in [0.2, 0.25) is 0 Å². The number of esters is 2. The van der Waals surface area contributed by atoms with Gasteiger partial charge in [-0.2, -0.15) is 0 Å². The third-order valence-corrected chi connectivity index (χ3v) is 17.2. The summed E-state index contributed by atoms with van der Waals surface area (Å²) in [6.45, 7) is -0.308. The summed E-state index contributed by atoms with van der Waals surface area (Å²) >= 11 is 0. The molecule has 4 aliphatic heterocycles. The minimum atomic E-state index is -0.367. The predicted molar refractivity (Wildman–Crippen MR) is 306 cm³/mol. The average Bonchev–Trinajstić information content (AvgIpc) is 4.40. The smallest absolute Gasteiger partial charge is 0.339 e. The van der Waals surface area contributed by atoms with Crippen molar-refractivity contribution >= 4 is 124 Å². The molecule has 0 saturated heterocycles. The van der Waals surface area contributed by atoms with Crippen LogP contribution < -0.4 is 21.9 Å². The van der Waals surface area contributed by atoms with E-state index in [2.05, 4.69) is 158 Å². The van der Waals surface area contributed by atoms with E-state index >= 15 is 9.59 Å². The number of carbonyl (C=O) groups excluding carboxylic acids is 2. The second kappa shape index (κ2) is 14.5. The summed E-state index contributed by atoms with van der Waals surface area (Å²) in [4.78, 5) is 30.2. The van der Waals surface area contributed by atoms with Gasteiger partial charge in [-0.3, -0.25) is 0 Å². The fourth-order valence-corrected chi connectivity index (χ4v) is 14.4. The van der Waals surface area contributed by atoms with Crippen molar-refractivity contribution < 1.29 is 19.1 Å². The van der Waals surface area contributed by atoms with E-state index < -0.39 is 0 Å². The fourth-order valence-electron chi connectivity index (χ4n) is 14.4. The lowest BCUT2D eigenvalue weighted by Crippen LogP contribution is -2.55. The van der Waals surface area contributed by atoms with Gasteiger partial charge in [0.05, 0.1) is 44.2 Å². The lowest BCUT2D eigenvalue weighted by molar-refractivity contribution is 0.0465. The van der Waals surface area contributed by atoms with Crippen molar-refractivity contribution in [3.05, 3.63) is 229 Å². The van der Waals surface area contributed by atoms with Crippen molar-refractivity contribution in [2.75, 3.05) is 0 Å². The van der Waals surface area contributed by atoms with Gasteiger partial charge < -0.3 is 27.6 Å². The number of benzene rings is 10. The zero-order valence-corrected chi connectivity index (χ0v) is 40.6. The van der Waals surface area contributed by atoms with E-state index in [0.717, 1.165) is 127 Å². The molecule has 14 aromatic rings. The summed E-state index contributed by atoms with van der Waals surface area (Å²) in [5, 5.41) is 6.55. The highest BCUT2D eigenvalue weighted by Crippen LogP contribution is 2.51. The maximum Gasteiger partial charge on any atom is 0.339 e. The van der Waals surface area contributed by atoms with Gasteiger partial charge >= 0.3 is 25.6 Å².